The molecule has 36 heavy (non-hydrogen) atoms. The molecule has 7 nitrogen and oxygen atoms in total. The van der Waals surface area contributed by atoms with Crippen LogP contribution in [-0.2, 0) is 11.2 Å². The molecule has 1 aromatic heterocycles. The summed E-state index contributed by atoms with van der Waals surface area (Å²) in [5.41, 5.74) is 5.75. The number of hydrogen-bond donors (Lipinski definition) is 0. The second-order valence-corrected chi connectivity index (χ2v) is 9.89. The van der Waals surface area contributed by atoms with Crippen LogP contribution in [0.15, 0.2) is 53.7 Å². The van der Waals surface area contributed by atoms with Crippen LogP contribution >= 0.6 is 11.3 Å². The first-order valence-electron chi connectivity index (χ1n) is 11.9. The lowest BCUT2D eigenvalue weighted by molar-refractivity contribution is 0.0556. The van der Waals surface area contributed by atoms with Gasteiger partial charge in [0.2, 0.25) is 0 Å². The fourth-order valence-electron chi connectivity index (χ4n) is 4.35. The molecule has 1 aliphatic heterocycles. The third-order valence-corrected chi connectivity index (χ3v) is 7.17. The Labute approximate surface area is 214 Å². The minimum absolute atomic E-state index is 0.00405. The number of aromatic nitrogens is 1. The molecule has 0 spiro atoms. The number of carbonyl (C=O) groups excluding carboxylic acids is 1. The van der Waals surface area contributed by atoms with Crippen molar-refractivity contribution < 1.29 is 14.3 Å². The summed E-state index contributed by atoms with van der Waals surface area (Å²) in [6.07, 6.45) is 6.43. The molecule has 0 N–H and O–H groups in total. The van der Waals surface area contributed by atoms with Crippen molar-refractivity contribution in [2.24, 2.45) is 4.99 Å². The number of benzene rings is 2. The van der Waals surface area contributed by atoms with E-state index < -0.39 is 0 Å². The van der Waals surface area contributed by atoms with E-state index in [1.165, 1.54) is 5.56 Å². The maximum Gasteiger partial charge on any atom is 0.343 e. The second kappa shape index (κ2) is 10.4. The molecule has 3 aromatic rings. The van der Waals surface area contributed by atoms with Gasteiger partial charge in [-0.05, 0) is 60.7 Å². The summed E-state index contributed by atoms with van der Waals surface area (Å²) in [6.45, 7) is 6.14. The molecular formula is C28H26N4O3S. The van der Waals surface area contributed by atoms with E-state index in [1.54, 1.807) is 22.5 Å². The Balaban J connectivity index is 1.37. The van der Waals surface area contributed by atoms with Gasteiger partial charge in [-0.3, -0.25) is 0 Å². The fourth-order valence-corrected chi connectivity index (χ4v) is 5.32. The molecule has 2 aromatic carbocycles. The van der Waals surface area contributed by atoms with Gasteiger partial charge in [0.25, 0.3) is 0 Å². The Morgan fingerprint density at radius 3 is 2.83 bits per heavy atom. The maximum atomic E-state index is 12.4. The molecule has 0 radical (unpaired) electrons. The van der Waals surface area contributed by atoms with E-state index in [0.29, 0.717) is 37.6 Å². The van der Waals surface area contributed by atoms with Crippen molar-refractivity contribution in [2.45, 2.75) is 26.4 Å². The van der Waals surface area contributed by atoms with Crippen molar-refractivity contribution in [3.8, 4) is 32.8 Å². The van der Waals surface area contributed by atoms with E-state index in [-0.39, 0.29) is 12.1 Å². The number of urea groups is 1. The standard InChI is InChI=1S/C28H26N4O3S/c1-18(2)35-25-9-7-19(14-21(25)15-29)27-30-17-26(36-27)24-5-3-4-22-20(6-8-23(22)24)16-31-28(33)32-10-12-34-13-11-32/h3-7,9,14,16-18H,8,10-13H2,1-2H3/b31-16+. The number of fused-ring (bicyclic) bond motifs is 1. The molecule has 1 aliphatic carbocycles. The van der Waals surface area contributed by atoms with Gasteiger partial charge >= 0.3 is 6.03 Å². The van der Waals surface area contributed by atoms with Gasteiger partial charge in [-0.15, -0.1) is 11.3 Å². The van der Waals surface area contributed by atoms with Crippen LogP contribution in [-0.4, -0.2) is 54.5 Å². The third-order valence-electron chi connectivity index (χ3n) is 6.09. The third kappa shape index (κ3) is 4.94. The first-order chi connectivity index (χ1) is 17.5. The highest BCUT2D eigenvalue weighted by Gasteiger charge is 2.20. The van der Waals surface area contributed by atoms with Crippen molar-refractivity contribution in [2.75, 3.05) is 26.3 Å². The Morgan fingerprint density at radius 2 is 2.06 bits per heavy atom. The van der Waals surface area contributed by atoms with Crippen molar-refractivity contribution in [3.05, 3.63) is 65.4 Å². The molecule has 8 heteroatoms. The SMILES string of the molecule is CC(C)Oc1ccc(-c2ncc(-c3cccc4c3CC=C4/C=N/C(=O)N3CCOCC3)s2)cc1C#N. The zero-order valence-electron chi connectivity index (χ0n) is 20.2. The highest BCUT2D eigenvalue weighted by molar-refractivity contribution is 7.18. The summed E-state index contributed by atoms with van der Waals surface area (Å²) < 4.78 is 11.1. The van der Waals surface area contributed by atoms with Gasteiger partial charge in [0.15, 0.2) is 0 Å². The van der Waals surface area contributed by atoms with Crippen LogP contribution < -0.4 is 4.74 Å². The predicted molar refractivity (Wildman–Crippen MR) is 141 cm³/mol. The van der Waals surface area contributed by atoms with E-state index in [1.807, 2.05) is 44.3 Å². The first kappa shape index (κ1) is 23.9. The minimum atomic E-state index is -0.225. The summed E-state index contributed by atoms with van der Waals surface area (Å²) in [5, 5.41) is 10.4. The van der Waals surface area contributed by atoms with E-state index in [4.69, 9.17) is 9.47 Å². The molecule has 2 aliphatic rings. The largest absolute Gasteiger partial charge is 0.490 e. The number of aliphatic imine (C=N–C) groups is 1. The Kier molecular flexibility index (Phi) is 6.94. The highest BCUT2D eigenvalue weighted by atomic mass is 32.1. The normalized spacial score (nSPS) is 15.2. The number of amides is 2. The zero-order chi connectivity index (χ0) is 25.1. The lowest BCUT2D eigenvalue weighted by atomic mass is 10.00. The smallest absolute Gasteiger partial charge is 0.343 e. The van der Waals surface area contributed by atoms with E-state index in [2.05, 4.69) is 34.3 Å². The summed E-state index contributed by atoms with van der Waals surface area (Å²) in [7, 11) is 0. The first-order valence-corrected chi connectivity index (χ1v) is 12.8. The van der Waals surface area contributed by atoms with Gasteiger partial charge in [0.05, 0.1) is 29.8 Å². The second-order valence-electron chi connectivity index (χ2n) is 8.85. The maximum absolute atomic E-state index is 12.4. The van der Waals surface area contributed by atoms with E-state index in [9.17, 15) is 10.1 Å². The zero-order valence-corrected chi connectivity index (χ0v) is 21.0. The Hall–Kier alpha value is -3.80. The van der Waals surface area contributed by atoms with Crippen LogP contribution in [0.25, 0.3) is 26.6 Å². The molecule has 182 valence electrons. The molecule has 5 rings (SSSR count). The minimum Gasteiger partial charge on any atom is -0.490 e. The number of allylic oxidation sites excluding steroid dienone is 2. The predicted octanol–water partition coefficient (Wildman–Crippen LogP) is 5.60. The lowest BCUT2D eigenvalue weighted by Gasteiger charge is -2.24. The van der Waals surface area contributed by atoms with Crippen molar-refractivity contribution in [1.29, 1.82) is 5.26 Å². The van der Waals surface area contributed by atoms with Crippen molar-refractivity contribution in [1.82, 2.24) is 9.88 Å². The average molecular weight is 499 g/mol. The van der Waals surface area contributed by atoms with Gasteiger partial charge in [0.1, 0.15) is 16.8 Å². The van der Waals surface area contributed by atoms with Gasteiger partial charge in [-0.25, -0.2) is 14.8 Å². The van der Waals surface area contributed by atoms with Gasteiger partial charge in [-0.1, -0.05) is 24.3 Å². The number of hydrogen-bond acceptors (Lipinski definition) is 6. The Morgan fingerprint density at radius 1 is 1.25 bits per heavy atom. The van der Waals surface area contributed by atoms with Crippen LogP contribution in [0, 0.1) is 11.3 Å². The number of nitriles is 1. The van der Waals surface area contributed by atoms with Crippen LogP contribution in [0.2, 0.25) is 0 Å². The number of nitrogens with zero attached hydrogens (tertiary/aromatic N) is 4. The highest BCUT2D eigenvalue weighted by Crippen LogP contribution is 2.39. The summed E-state index contributed by atoms with van der Waals surface area (Å²) in [6, 6.07) is 13.8. The lowest BCUT2D eigenvalue weighted by Crippen LogP contribution is -2.39. The topological polar surface area (TPSA) is 87.8 Å². The summed E-state index contributed by atoms with van der Waals surface area (Å²) in [4.78, 5) is 24.0. The van der Waals surface area contributed by atoms with Crippen LogP contribution in [0.1, 0.15) is 30.5 Å². The number of ether oxygens (including phenoxy) is 2. The monoisotopic (exact) mass is 498 g/mol. The fraction of sp³-hybridized carbons (Fsp3) is 0.286. The van der Waals surface area contributed by atoms with Crippen molar-refractivity contribution >= 4 is 29.2 Å². The molecule has 1 fully saturated rings. The van der Waals surface area contributed by atoms with Gasteiger partial charge in [0, 0.05) is 31.1 Å². The molecule has 0 saturated carbocycles. The van der Waals surface area contributed by atoms with Crippen LogP contribution in [0.3, 0.4) is 0 Å². The number of thiazole rings is 1. The van der Waals surface area contributed by atoms with Crippen molar-refractivity contribution in [3.63, 3.8) is 0 Å². The number of carbonyl (C=O) groups is 1. The van der Waals surface area contributed by atoms with Crippen LogP contribution in [0.4, 0.5) is 4.79 Å². The van der Waals surface area contributed by atoms with Crippen LogP contribution in [0.5, 0.6) is 5.75 Å². The van der Waals surface area contributed by atoms with E-state index >= 15 is 0 Å². The quantitative estimate of drug-likeness (QED) is 0.428. The molecule has 0 bridgehead atoms. The molecule has 2 heterocycles. The number of rotatable bonds is 5. The molecule has 2 amide bonds. The summed E-state index contributed by atoms with van der Waals surface area (Å²) >= 11 is 1.59. The summed E-state index contributed by atoms with van der Waals surface area (Å²) in [5.74, 6) is 0.585. The molecular weight excluding hydrogens is 472 g/mol. The average Bonchev–Trinajstić information content (AvgIpc) is 3.55. The van der Waals surface area contributed by atoms with E-state index in [0.717, 1.165) is 38.6 Å². The molecule has 1 saturated heterocycles. The molecule has 0 atom stereocenters. The number of morpholine rings is 1. The van der Waals surface area contributed by atoms with Gasteiger partial charge in [-0.2, -0.15) is 5.26 Å². The van der Waals surface area contributed by atoms with Gasteiger partial charge < -0.3 is 14.4 Å². The molecule has 0 unspecified atom stereocenters. The Bertz CT molecular complexity index is 1390.